The number of esters is 1. The molecule has 0 aliphatic rings. The molecule has 9 heteroatoms. The lowest BCUT2D eigenvalue weighted by Crippen LogP contribution is -2.16. The summed E-state index contributed by atoms with van der Waals surface area (Å²) in [5.74, 6) is -1.40. The first kappa shape index (κ1) is 23.5. The van der Waals surface area contributed by atoms with Crippen molar-refractivity contribution in [3.05, 3.63) is 74.0 Å². The van der Waals surface area contributed by atoms with Gasteiger partial charge in [-0.25, -0.2) is 4.79 Å². The molecule has 6 nitrogen and oxygen atoms in total. The molecule has 162 valence electrons. The van der Waals surface area contributed by atoms with Gasteiger partial charge in [-0.15, -0.1) is 11.3 Å². The van der Waals surface area contributed by atoms with Crippen molar-refractivity contribution in [2.24, 2.45) is 0 Å². The van der Waals surface area contributed by atoms with Crippen molar-refractivity contribution in [3.8, 4) is 22.9 Å². The molecule has 3 aromatic rings. The minimum Gasteiger partial charge on any atom is -0.507 e. The van der Waals surface area contributed by atoms with Crippen LogP contribution in [0.25, 0.3) is 17.2 Å². The number of benzene rings is 2. The van der Waals surface area contributed by atoms with Crippen LogP contribution in [0.4, 0.5) is 5.00 Å². The summed E-state index contributed by atoms with van der Waals surface area (Å²) in [4.78, 5) is 25.5. The van der Waals surface area contributed by atoms with Crippen molar-refractivity contribution in [1.29, 1.82) is 5.26 Å². The number of phenolic OH excluding ortho intramolecular Hbond substituents is 1. The number of halogens is 2. The molecule has 0 atom stereocenters. The van der Waals surface area contributed by atoms with Gasteiger partial charge in [0.2, 0.25) is 0 Å². The minimum atomic E-state index is -0.720. The molecule has 1 amide bonds. The van der Waals surface area contributed by atoms with Gasteiger partial charge in [-0.3, -0.25) is 4.79 Å². The van der Waals surface area contributed by atoms with Gasteiger partial charge in [0.25, 0.3) is 5.91 Å². The Morgan fingerprint density at radius 3 is 2.66 bits per heavy atom. The first-order valence-corrected chi connectivity index (χ1v) is 11.3. The van der Waals surface area contributed by atoms with E-state index in [0.29, 0.717) is 20.6 Å². The van der Waals surface area contributed by atoms with Crippen LogP contribution in [0.3, 0.4) is 0 Å². The zero-order valence-corrected chi connectivity index (χ0v) is 19.8. The van der Waals surface area contributed by atoms with E-state index in [1.165, 1.54) is 12.1 Å². The van der Waals surface area contributed by atoms with E-state index in [0.717, 1.165) is 16.9 Å². The minimum absolute atomic E-state index is 0.0814. The van der Waals surface area contributed by atoms with Crippen LogP contribution in [0.5, 0.6) is 5.75 Å². The van der Waals surface area contributed by atoms with Crippen LogP contribution in [0.1, 0.15) is 22.8 Å². The van der Waals surface area contributed by atoms with E-state index in [2.05, 4.69) is 21.2 Å². The molecule has 1 aromatic heterocycles. The largest absolute Gasteiger partial charge is 0.507 e. The van der Waals surface area contributed by atoms with Gasteiger partial charge in [0.15, 0.2) is 0 Å². The maximum atomic E-state index is 12.8. The van der Waals surface area contributed by atoms with Gasteiger partial charge in [-0.2, -0.15) is 5.26 Å². The van der Waals surface area contributed by atoms with Crippen LogP contribution in [0, 0.1) is 11.3 Å². The third-order valence-corrected chi connectivity index (χ3v) is 5.95. The molecular weight excluding hydrogens is 516 g/mol. The zero-order valence-electron chi connectivity index (χ0n) is 16.7. The van der Waals surface area contributed by atoms with Crippen LogP contribution in [0.2, 0.25) is 5.02 Å². The van der Waals surface area contributed by atoms with Crippen molar-refractivity contribution in [2.45, 2.75) is 6.92 Å². The number of amides is 1. The molecule has 0 saturated carbocycles. The van der Waals surface area contributed by atoms with Gasteiger partial charge < -0.3 is 15.2 Å². The molecule has 0 spiro atoms. The molecule has 0 bridgehead atoms. The maximum absolute atomic E-state index is 12.8. The molecule has 2 aromatic carbocycles. The van der Waals surface area contributed by atoms with Gasteiger partial charge in [0, 0.05) is 26.0 Å². The fraction of sp³-hybridized carbons (Fsp3) is 0.0870. The number of hydrogen-bond acceptors (Lipinski definition) is 6. The van der Waals surface area contributed by atoms with Crippen molar-refractivity contribution in [2.75, 3.05) is 11.9 Å². The summed E-state index contributed by atoms with van der Waals surface area (Å²) in [5, 5.41) is 24.6. The summed E-state index contributed by atoms with van der Waals surface area (Å²) in [5.41, 5.74) is 1.55. The van der Waals surface area contributed by atoms with E-state index < -0.39 is 11.9 Å². The number of thiophene rings is 1. The zero-order chi connectivity index (χ0) is 23.3. The third kappa shape index (κ3) is 5.37. The number of anilines is 1. The fourth-order valence-corrected chi connectivity index (χ4v) is 4.27. The van der Waals surface area contributed by atoms with Crippen molar-refractivity contribution in [3.63, 3.8) is 0 Å². The summed E-state index contributed by atoms with van der Waals surface area (Å²) in [7, 11) is 0. The number of hydrogen-bond donors (Lipinski definition) is 2. The Balaban J connectivity index is 1.98. The van der Waals surface area contributed by atoms with Crippen LogP contribution in [-0.2, 0) is 9.53 Å². The standard InChI is InChI=1S/C23H16BrClN2O4S/c1-2-31-23(30)20-18(13-3-6-17(25)7-4-13)12-32-22(20)27-21(29)15(11-26)9-14-10-16(24)5-8-19(14)28/h3-10,12,28H,2H2,1H3,(H,27,29). The first-order chi connectivity index (χ1) is 15.3. The van der Waals surface area contributed by atoms with E-state index in [1.807, 2.05) is 6.07 Å². The van der Waals surface area contributed by atoms with Crippen LogP contribution < -0.4 is 5.32 Å². The Hall–Kier alpha value is -3.12. The Kier molecular flexibility index (Phi) is 7.70. The van der Waals surface area contributed by atoms with Gasteiger partial charge >= 0.3 is 5.97 Å². The first-order valence-electron chi connectivity index (χ1n) is 9.30. The summed E-state index contributed by atoms with van der Waals surface area (Å²) < 4.78 is 5.85. The maximum Gasteiger partial charge on any atom is 0.341 e. The highest BCUT2D eigenvalue weighted by Gasteiger charge is 2.24. The van der Waals surface area contributed by atoms with Gasteiger partial charge in [0.05, 0.1) is 6.61 Å². The number of carbonyl (C=O) groups excluding carboxylic acids is 2. The lowest BCUT2D eigenvalue weighted by molar-refractivity contribution is -0.112. The van der Waals surface area contributed by atoms with E-state index in [1.54, 1.807) is 48.7 Å². The number of ether oxygens (including phenoxy) is 1. The van der Waals surface area contributed by atoms with Crippen LogP contribution in [-0.4, -0.2) is 23.6 Å². The van der Waals surface area contributed by atoms with Crippen LogP contribution in [0.15, 0.2) is 57.9 Å². The number of aromatic hydroxyl groups is 1. The van der Waals surface area contributed by atoms with Gasteiger partial charge in [-0.1, -0.05) is 39.7 Å². The fourth-order valence-electron chi connectivity index (χ4n) is 2.81. The number of nitriles is 1. The Bertz CT molecular complexity index is 1250. The molecule has 0 aliphatic carbocycles. The number of phenols is 1. The predicted molar refractivity (Wildman–Crippen MR) is 129 cm³/mol. The van der Waals surface area contributed by atoms with E-state index in [4.69, 9.17) is 16.3 Å². The number of nitrogens with one attached hydrogen (secondary N) is 1. The quantitative estimate of drug-likeness (QED) is 0.222. The Morgan fingerprint density at radius 1 is 1.28 bits per heavy atom. The summed E-state index contributed by atoms with van der Waals surface area (Å²) in [6.07, 6.45) is 1.27. The SMILES string of the molecule is CCOC(=O)c1c(-c2ccc(Cl)cc2)csc1NC(=O)C(C#N)=Cc1cc(Br)ccc1O. The number of carbonyl (C=O) groups is 2. The number of rotatable bonds is 6. The van der Waals surface area contributed by atoms with Gasteiger partial charge in [0.1, 0.15) is 28.0 Å². The highest BCUT2D eigenvalue weighted by Crippen LogP contribution is 2.37. The summed E-state index contributed by atoms with van der Waals surface area (Å²) in [6, 6.07) is 13.4. The van der Waals surface area contributed by atoms with E-state index >= 15 is 0 Å². The second kappa shape index (κ2) is 10.5. The molecule has 0 saturated heterocycles. The molecule has 0 unspecified atom stereocenters. The highest BCUT2D eigenvalue weighted by molar-refractivity contribution is 9.10. The van der Waals surface area contributed by atoms with Crippen molar-refractivity contribution >= 4 is 61.8 Å². The molecule has 0 fully saturated rings. The molecule has 0 radical (unpaired) electrons. The monoisotopic (exact) mass is 530 g/mol. The third-order valence-electron chi connectivity index (χ3n) is 4.31. The van der Waals surface area contributed by atoms with Crippen molar-refractivity contribution in [1.82, 2.24) is 0 Å². The molecular formula is C23H16BrClN2O4S. The Labute approximate surface area is 201 Å². The lowest BCUT2D eigenvalue weighted by atomic mass is 10.0. The topological polar surface area (TPSA) is 99.4 Å². The molecule has 32 heavy (non-hydrogen) atoms. The average Bonchev–Trinajstić information content (AvgIpc) is 3.18. The summed E-state index contributed by atoms with van der Waals surface area (Å²) in [6.45, 7) is 1.85. The smallest absolute Gasteiger partial charge is 0.341 e. The van der Waals surface area contributed by atoms with E-state index in [9.17, 15) is 20.0 Å². The number of nitrogens with zero attached hydrogens (tertiary/aromatic N) is 1. The highest BCUT2D eigenvalue weighted by atomic mass is 79.9. The lowest BCUT2D eigenvalue weighted by Gasteiger charge is -2.09. The second-order valence-corrected chi connectivity index (χ2v) is 8.64. The average molecular weight is 532 g/mol. The van der Waals surface area contributed by atoms with E-state index in [-0.39, 0.29) is 28.5 Å². The molecule has 3 rings (SSSR count). The normalized spacial score (nSPS) is 11.0. The van der Waals surface area contributed by atoms with Crippen LogP contribution >= 0.6 is 38.9 Å². The molecule has 0 aliphatic heterocycles. The predicted octanol–water partition coefficient (Wildman–Crippen LogP) is 6.26. The summed E-state index contributed by atoms with van der Waals surface area (Å²) >= 11 is 10.4. The molecule has 1 heterocycles. The van der Waals surface area contributed by atoms with Gasteiger partial charge in [-0.05, 0) is 48.9 Å². The second-order valence-electron chi connectivity index (χ2n) is 6.41. The molecule has 2 N–H and O–H groups in total. The Morgan fingerprint density at radius 2 is 2.00 bits per heavy atom. The van der Waals surface area contributed by atoms with Crippen molar-refractivity contribution < 1.29 is 19.4 Å².